The Morgan fingerprint density at radius 2 is 1.83 bits per heavy atom. The molecule has 0 fully saturated rings. The quantitative estimate of drug-likeness (QED) is 0.403. The Labute approximate surface area is 180 Å². The fraction of sp³-hybridized carbons (Fsp3) is 0.190. The van der Waals surface area contributed by atoms with Gasteiger partial charge in [-0.2, -0.15) is 0 Å². The molecule has 156 valence electrons. The standard InChI is InChI=1S/C21H22N4O3S2/c1-3-13-25-19(15-30(27,28)18-7-5-4-6-8-18)23-24-21(25)29-14-20(26)22-17-11-9-16(2)10-12-17/h3-12H,1,13-15H2,2H3,(H,22,26). The second kappa shape index (κ2) is 9.73. The van der Waals surface area contributed by atoms with Gasteiger partial charge in [0.15, 0.2) is 15.0 Å². The van der Waals surface area contributed by atoms with Gasteiger partial charge in [0.05, 0.1) is 10.6 Å². The molecule has 7 nitrogen and oxygen atoms in total. The van der Waals surface area contributed by atoms with Crippen LogP contribution in [0.2, 0.25) is 0 Å². The molecule has 3 rings (SSSR count). The van der Waals surface area contributed by atoms with Crippen molar-refractivity contribution < 1.29 is 13.2 Å². The van der Waals surface area contributed by atoms with Gasteiger partial charge in [-0.1, -0.05) is 53.7 Å². The number of aromatic nitrogens is 3. The van der Waals surface area contributed by atoms with Crippen LogP contribution in [0.1, 0.15) is 11.4 Å². The maximum atomic E-state index is 12.7. The molecule has 3 aromatic rings. The van der Waals surface area contributed by atoms with E-state index in [4.69, 9.17) is 0 Å². The average Bonchev–Trinajstić information content (AvgIpc) is 3.10. The predicted octanol–water partition coefficient (Wildman–Crippen LogP) is 3.48. The van der Waals surface area contributed by atoms with Crippen LogP contribution < -0.4 is 5.32 Å². The van der Waals surface area contributed by atoms with E-state index < -0.39 is 9.84 Å². The molecule has 0 radical (unpaired) electrons. The van der Waals surface area contributed by atoms with E-state index in [-0.39, 0.29) is 22.3 Å². The first-order valence-corrected chi connectivity index (χ1v) is 11.8. The summed E-state index contributed by atoms with van der Waals surface area (Å²) in [5, 5.41) is 11.4. The molecule has 0 aliphatic rings. The monoisotopic (exact) mass is 442 g/mol. The van der Waals surface area contributed by atoms with E-state index in [0.29, 0.717) is 23.2 Å². The third-order valence-corrected chi connectivity index (χ3v) is 6.79. The molecule has 30 heavy (non-hydrogen) atoms. The smallest absolute Gasteiger partial charge is 0.234 e. The van der Waals surface area contributed by atoms with Gasteiger partial charge in [-0.15, -0.1) is 16.8 Å². The molecule has 0 spiro atoms. The average molecular weight is 443 g/mol. The highest BCUT2D eigenvalue weighted by molar-refractivity contribution is 7.99. The summed E-state index contributed by atoms with van der Waals surface area (Å²) >= 11 is 1.19. The second-order valence-electron chi connectivity index (χ2n) is 6.57. The van der Waals surface area contributed by atoms with Gasteiger partial charge < -0.3 is 9.88 Å². The number of thioether (sulfide) groups is 1. The Morgan fingerprint density at radius 3 is 2.50 bits per heavy atom. The highest BCUT2D eigenvalue weighted by atomic mass is 32.2. The number of rotatable bonds is 9. The summed E-state index contributed by atoms with van der Waals surface area (Å²) in [5.74, 6) is -0.0431. The summed E-state index contributed by atoms with van der Waals surface area (Å²) < 4.78 is 27.0. The molecule has 0 saturated carbocycles. The van der Waals surface area contributed by atoms with Crippen molar-refractivity contribution in [3.63, 3.8) is 0 Å². The number of nitrogens with zero attached hydrogens (tertiary/aromatic N) is 3. The van der Waals surface area contributed by atoms with E-state index in [1.807, 2.05) is 31.2 Å². The van der Waals surface area contributed by atoms with Crippen molar-refractivity contribution in [2.24, 2.45) is 0 Å². The van der Waals surface area contributed by atoms with E-state index in [0.717, 1.165) is 5.56 Å². The number of hydrogen-bond donors (Lipinski definition) is 1. The van der Waals surface area contributed by atoms with Crippen LogP contribution in [0.5, 0.6) is 0 Å². The van der Waals surface area contributed by atoms with Crippen molar-refractivity contribution in [3.05, 3.63) is 78.6 Å². The molecule has 0 aliphatic carbocycles. The minimum atomic E-state index is -3.56. The molecule has 0 aliphatic heterocycles. The summed E-state index contributed by atoms with van der Waals surface area (Å²) in [6.07, 6.45) is 1.64. The fourth-order valence-electron chi connectivity index (χ4n) is 2.69. The van der Waals surface area contributed by atoms with Crippen LogP contribution in [0.15, 0.2) is 77.3 Å². The van der Waals surface area contributed by atoms with E-state index in [1.54, 1.807) is 41.0 Å². The van der Waals surface area contributed by atoms with Gasteiger partial charge in [0.1, 0.15) is 11.6 Å². The second-order valence-corrected chi connectivity index (χ2v) is 9.51. The summed E-state index contributed by atoms with van der Waals surface area (Å²) in [4.78, 5) is 12.5. The number of allylic oxidation sites excluding steroid dienone is 1. The van der Waals surface area contributed by atoms with Gasteiger partial charge in [-0.05, 0) is 31.2 Å². The lowest BCUT2D eigenvalue weighted by Gasteiger charge is -2.09. The Hall–Kier alpha value is -2.91. The minimum Gasteiger partial charge on any atom is -0.325 e. The zero-order chi connectivity index (χ0) is 21.6. The maximum absolute atomic E-state index is 12.7. The van der Waals surface area contributed by atoms with Crippen molar-refractivity contribution in [3.8, 4) is 0 Å². The van der Waals surface area contributed by atoms with Crippen LogP contribution in [-0.2, 0) is 26.9 Å². The normalized spacial score (nSPS) is 11.2. The lowest BCUT2D eigenvalue weighted by Crippen LogP contribution is -2.15. The zero-order valence-electron chi connectivity index (χ0n) is 16.5. The first-order chi connectivity index (χ1) is 14.4. The van der Waals surface area contributed by atoms with Gasteiger partial charge in [-0.3, -0.25) is 4.79 Å². The fourth-order valence-corrected chi connectivity index (χ4v) is 4.75. The molecule has 9 heteroatoms. The summed E-state index contributed by atoms with van der Waals surface area (Å²) in [6.45, 7) is 6.03. The minimum absolute atomic E-state index is 0.120. The first kappa shape index (κ1) is 21.8. The van der Waals surface area contributed by atoms with Crippen molar-refractivity contribution in [1.82, 2.24) is 14.8 Å². The van der Waals surface area contributed by atoms with Gasteiger partial charge in [0.2, 0.25) is 5.91 Å². The number of carbonyl (C=O) groups excluding carboxylic acids is 1. The highest BCUT2D eigenvalue weighted by Gasteiger charge is 2.21. The number of nitrogens with one attached hydrogen (secondary N) is 1. The molecule has 1 aromatic heterocycles. The van der Waals surface area contributed by atoms with E-state index in [9.17, 15) is 13.2 Å². The Balaban J connectivity index is 1.70. The molecule has 1 heterocycles. The molecule has 1 N–H and O–H groups in total. The molecule has 1 amide bonds. The van der Waals surface area contributed by atoms with Crippen LogP contribution in [0.25, 0.3) is 0 Å². The van der Waals surface area contributed by atoms with E-state index in [1.165, 1.54) is 11.8 Å². The number of aryl methyl sites for hydroxylation is 1. The largest absolute Gasteiger partial charge is 0.325 e. The predicted molar refractivity (Wildman–Crippen MR) is 118 cm³/mol. The first-order valence-electron chi connectivity index (χ1n) is 9.19. The Bertz CT molecular complexity index is 1120. The zero-order valence-corrected chi connectivity index (χ0v) is 18.1. The number of sulfone groups is 1. The van der Waals surface area contributed by atoms with Crippen molar-refractivity contribution in [2.75, 3.05) is 11.1 Å². The van der Waals surface area contributed by atoms with E-state index >= 15 is 0 Å². The van der Waals surface area contributed by atoms with Crippen molar-refractivity contribution >= 4 is 33.2 Å². The van der Waals surface area contributed by atoms with Crippen LogP contribution in [0.3, 0.4) is 0 Å². The molecule has 2 aromatic carbocycles. The summed E-state index contributed by atoms with van der Waals surface area (Å²) in [5.41, 5.74) is 1.83. The van der Waals surface area contributed by atoms with Gasteiger partial charge in [0, 0.05) is 12.2 Å². The number of carbonyl (C=O) groups is 1. The topological polar surface area (TPSA) is 93.9 Å². The molecule has 0 unspecified atom stereocenters. The lowest BCUT2D eigenvalue weighted by atomic mass is 10.2. The van der Waals surface area contributed by atoms with Crippen LogP contribution in [0.4, 0.5) is 5.69 Å². The van der Waals surface area contributed by atoms with E-state index in [2.05, 4.69) is 22.1 Å². The molecule has 0 saturated heterocycles. The molecule has 0 bridgehead atoms. The number of anilines is 1. The van der Waals surface area contributed by atoms with Gasteiger partial charge >= 0.3 is 0 Å². The van der Waals surface area contributed by atoms with Crippen LogP contribution in [0, 0.1) is 6.92 Å². The van der Waals surface area contributed by atoms with Crippen molar-refractivity contribution in [1.29, 1.82) is 0 Å². The number of hydrogen-bond acceptors (Lipinski definition) is 6. The van der Waals surface area contributed by atoms with Gasteiger partial charge in [0.25, 0.3) is 0 Å². The van der Waals surface area contributed by atoms with Crippen LogP contribution in [-0.4, -0.2) is 34.8 Å². The number of benzene rings is 2. The highest BCUT2D eigenvalue weighted by Crippen LogP contribution is 2.21. The van der Waals surface area contributed by atoms with Crippen molar-refractivity contribution in [2.45, 2.75) is 29.3 Å². The summed E-state index contributed by atoms with van der Waals surface area (Å²) in [7, 11) is -3.56. The summed E-state index contributed by atoms with van der Waals surface area (Å²) in [6, 6.07) is 15.7. The molecule has 0 atom stereocenters. The third-order valence-electron chi connectivity index (χ3n) is 4.19. The van der Waals surface area contributed by atoms with Gasteiger partial charge in [-0.25, -0.2) is 8.42 Å². The number of amides is 1. The lowest BCUT2D eigenvalue weighted by molar-refractivity contribution is -0.113. The van der Waals surface area contributed by atoms with Crippen LogP contribution >= 0.6 is 11.8 Å². The Kier molecular flexibility index (Phi) is 7.07. The maximum Gasteiger partial charge on any atom is 0.234 e. The molecular formula is C21H22N4O3S2. The molecular weight excluding hydrogens is 420 g/mol. The SMILES string of the molecule is C=CCn1c(CS(=O)(=O)c2ccccc2)nnc1SCC(=O)Nc1ccc(C)cc1. The Morgan fingerprint density at radius 1 is 1.13 bits per heavy atom. The third kappa shape index (κ3) is 5.58.